The van der Waals surface area contributed by atoms with Gasteiger partial charge in [0.05, 0.1) is 12.3 Å². The molecule has 0 aromatic heterocycles. The van der Waals surface area contributed by atoms with Crippen molar-refractivity contribution in [3.63, 3.8) is 0 Å². The smallest absolute Gasteiger partial charge is 0.224 e. The molecule has 1 aromatic rings. The van der Waals surface area contributed by atoms with Gasteiger partial charge in [0, 0.05) is 24.5 Å². The highest BCUT2D eigenvalue weighted by atomic mass is 16.5. The van der Waals surface area contributed by atoms with E-state index in [2.05, 4.69) is 12.2 Å². The second-order valence-electron chi connectivity index (χ2n) is 5.53. The zero-order chi connectivity index (χ0) is 15.2. The number of benzene rings is 1. The van der Waals surface area contributed by atoms with Crippen LogP contribution in [0.5, 0.6) is 11.5 Å². The van der Waals surface area contributed by atoms with Gasteiger partial charge in [0.1, 0.15) is 17.6 Å². The van der Waals surface area contributed by atoms with E-state index in [1.807, 2.05) is 26.0 Å². The number of unbranched alkanes of at least 4 members (excludes halogenated alkanes) is 2. The van der Waals surface area contributed by atoms with E-state index in [9.17, 15) is 4.79 Å². The van der Waals surface area contributed by atoms with Crippen LogP contribution in [0.15, 0.2) is 12.1 Å². The van der Waals surface area contributed by atoms with Gasteiger partial charge in [0.25, 0.3) is 0 Å². The number of carbonyl (C=O) groups excluding carboxylic acids is 1. The number of fused-ring (bicyclic) bond motifs is 1. The molecule has 0 spiro atoms. The lowest BCUT2D eigenvalue weighted by Gasteiger charge is -2.13. The minimum absolute atomic E-state index is 0.0374. The number of carbonyl (C=O) groups is 1. The largest absolute Gasteiger partial charge is 0.492 e. The molecule has 0 radical (unpaired) electrons. The predicted octanol–water partition coefficient (Wildman–Crippen LogP) is 3.93. The number of anilines is 1. The molecule has 0 saturated heterocycles. The van der Waals surface area contributed by atoms with Gasteiger partial charge in [-0.15, -0.1) is 0 Å². The highest BCUT2D eigenvalue weighted by Gasteiger charge is 2.22. The molecule has 116 valence electrons. The first-order chi connectivity index (χ1) is 10.1. The van der Waals surface area contributed by atoms with Gasteiger partial charge in [0.2, 0.25) is 5.91 Å². The summed E-state index contributed by atoms with van der Waals surface area (Å²) in [5, 5.41) is 2.95. The summed E-state index contributed by atoms with van der Waals surface area (Å²) in [5.74, 6) is 1.63. The molecule has 4 heteroatoms. The van der Waals surface area contributed by atoms with Gasteiger partial charge in [-0.25, -0.2) is 0 Å². The van der Waals surface area contributed by atoms with Crippen molar-refractivity contribution in [3.05, 3.63) is 17.7 Å². The average Bonchev–Trinajstić information content (AvgIpc) is 2.79. The molecule has 1 amide bonds. The molecule has 1 unspecified atom stereocenters. The highest BCUT2D eigenvalue weighted by molar-refractivity contribution is 5.92. The molecule has 1 aromatic carbocycles. The van der Waals surface area contributed by atoms with E-state index in [0.29, 0.717) is 18.7 Å². The van der Waals surface area contributed by atoms with Crippen LogP contribution >= 0.6 is 0 Å². The van der Waals surface area contributed by atoms with Crippen LogP contribution < -0.4 is 14.8 Å². The van der Waals surface area contributed by atoms with E-state index in [1.54, 1.807) is 0 Å². The van der Waals surface area contributed by atoms with E-state index in [-0.39, 0.29) is 12.0 Å². The summed E-state index contributed by atoms with van der Waals surface area (Å²) in [6, 6.07) is 3.88. The van der Waals surface area contributed by atoms with E-state index in [1.165, 1.54) is 0 Å². The van der Waals surface area contributed by atoms with Crippen molar-refractivity contribution in [3.8, 4) is 11.5 Å². The zero-order valence-corrected chi connectivity index (χ0v) is 13.2. The number of nitrogens with one attached hydrogen (secondary N) is 1. The molecule has 1 aliphatic rings. The van der Waals surface area contributed by atoms with Crippen molar-refractivity contribution in [1.29, 1.82) is 0 Å². The van der Waals surface area contributed by atoms with Gasteiger partial charge < -0.3 is 14.8 Å². The van der Waals surface area contributed by atoms with Gasteiger partial charge >= 0.3 is 0 Å². The maximum Gasteiger partial charge on any atom is 0.224 e. The Bertz CT molecular complexity index is 499. The van der Waals surface area contributed by atoms with Crippen LogP contribution in [-0.2, 0) is 11.2 Å². The first-order valence-electron chi connectivity index (χ1n) is 7.90. The van der Waals surface area contributed by atoms with Crippen LogP contribution in [0.25, 0.3) is 0 Å². The molecule has 1 aliphatic heterocycles. The molecule has 0 bridgehead atoms. The fourth-order valence-corrected chi connectivity index (χ4v) is 2.56. The Morgan fingerprint density at radius 2 is 2.19 bits per heavy atom. The third-order valence-electron chi connectivity index (χ3n) is 3.58. The Labute approximate surface area is 126 Å². The third kappa shape index (κ3) is 4.13. The monoisotopic (exact) mass is 291 g/mol. The molecule has 0 saturated carbocycles. The molecule has 2 rings (SSSR count). The Morgan fingerprint density at radius 3 is 2.90 bits per heavy atom. The van der Waals surface area contributed by atoms with Crippen LogP contribution in [-0.4, -0.2) is 18.6 Å². The molecule has 1 atom stereocenters. The Hall–Kier alpha value is -1.71. The maximum atomic E-state index is 12.0. The van der Waals surface area contributed by atoms with Crippen LogP contribution in [0.2, 0.25) is 0 Å². The summed E-state index contributed by atoms with van der Waals surface area (Å²) in [7, 11) is 0. The van der Waals surface area contributed by atoms with Gasteiger partial charge in [-0.1, -0.05) is 19.8 Å². The summed E-state index contributed by atoms with van der Waals surface area (Å²) in [4.78, 5) is 12.0. The Kier molecular flexibility index (Phi) is 5.48. The van der Waals surface area contributed by atoms with Gasteiger partial charge in [-0.2, -0.15) is 0 Å². The number of hydrogen-bond acceptors (Lipinski definition) is 3. The van der Waals surface area contributed by atoms with Crippen molar-refractivity contribution in [2.45, 2.75) is 59.0 Å². The number of rotatable bonds is 7. The maximum absolute atomic E-state index is 12.0. The molecule has 21 heavy (non-hydrogen) atoms. The number of ether oxygens (including phenoxy) is 2. The van der Waals surface area contributed by atoms with Crippen LogP contribution in [0.4, 0.5) is 5.69 Å². The van der Waals surface area contributed by atoms with Gasteiger partial charge in [0.15, 0.2) is 0 Å². The van der Waals surface area contributed by atoms with E-state index in [4.69, 9.17) is 9.47 Å². The number of amides is 1. The first kappa shape index (κ1) is 15.7. The summed E-state index contributed by atoms with van der Waals surface area (Å²) >= 11 is 0. The van der Waals surface area contributed by atoms with E-state index in [0.717, 1.165) is 42.7 Å². The van der Waals surface area contributed by atoms with Crippen molar-refractivity contribution in [1.82, 2.24) is 0 Å². The third-order valence-corrected chi connectivity index (χ3v) is 3.58. The molecule has 0 aliphatic carbocycles. The highest BCUT2D eigenvalue weighted by Crippen LogP contribution is 2.38. The lowest BCUT2D eigenvalue weighted by Crippen LogP contribution is -2.12. The fraction of sp³-hybridized carbons (Fsp3) is 0.588. The van der Waals surface area contributed by atoms with E-state index >= 15 is 0 Å². The van der Waals surface area contributed by atoms with Crippen molar-refractivity contribution in [2.75, 3.05) is 11.9 Å². The number of hydrogen-bond donors (Lipinski definition) is 1. The van der Waals surface area contributed by atoms with Crippen LogP contribution in [0.1, 0.15) is 52.0 Å². The quantitative estimate of drug-likeness (QED) is 0.774. The summed E-state index contributed by atoms with van der Waals surface area (Å²) < 4.78 is 11.4. The van der Waals surface area contributed by atoms with Crippen LogP contribution in [0.3, 0.4) is 0 Å². The predicted molar refractivity (Wildman–Crippen MR) is 84.2 cm³/mol. The lowest BCUT2D eigenvalue weighted by atomic mass is 10.1. The summed E-state index contributed by atoms with van der Waals surface area (Å²) in [5.41, 5.74) is 1.86. The zero-order valence-electron chi connectivity index (χ0n) is 13.2. The lowest BCUT2D eigenvalue weighted by molar-refractivity contribution is -0.116. The minimum atomic E-state index is 0.0374. The molecule has 1 N–H and O–H groups in total. The topological polar surface area (TPSA) is 47.6 Å². The van der Waals surface area contributed by atoms with Crippen molar-refractivity contribution >= 4 is 11.6 Å². The molecular weight excluding hydrogens is 266 g/mol. The molecule has 4 nitrogen and oxygen atoms in total. The average molecular weight is 291 g/mol. The normalized spacial score (nSPS) is 16.2. The molecule has 0 fully saturated rings. The van der Waals surface area contributed by atoms with Gasteiger partial charge in [-0.05, 0) is 26.3 Å². The molecular formula is C17H25NO3. The Morgan fingerprint density at radius 1 is 1.38 bits per heavy atom. The standard InChI is InChI=1S/C17H25NO3/c1-4-6-7-8-17(19)18-14-11-15-13(9-12(3)21-15)10-16(14)20-5-2/h10-12H,4-9H2,1-3H3,(H,18,19). The van der Waals surface area contributed by atoms with Crippen molar-refractivity contribution in [2.24, 2.45) is 0 Å². The summed E-state index contributed by atoms with van der Waals surface area (Å²) in [6.07, 6.45) is 4.74. The summed E-state index contributed by atoms with van der Waals surface area (Å²) in [6.45, 7) is 6.69. The first-order valence-corrected chi connectivity index (χ1v) is 7.90. The fourth-order valence-electron chi connectivity index (χ4n) is 2.56. The molecule has 1 heterocycles. The van der Waals surface area contributed by atoms with E-state index < -0.39 is 0 Å². The van der Waals surface area contributed by atoms with Crippen molar-refractivity contribution < 1.29 is 14.3 Å². The van der Waals surface area contributed by atoms with Gasteiger partial charge in [-0.3, -0.25) is 4.79 Å². The second-order valence-corrected chi connectivity index (χ2v) is 5.53. The van der Waals surface area contributed by atoms with Crippen LogP contribution in [0, 0.1) is 0 Å². The Balaban J connectivity index is 2.10. The second kappa shape index (κ2) is 7.34. The SMILES string of the molecule is CCCCCC(=O)Nc1cc2c(cc1OCC)CC(C)O2. The minimum Gasteiger partial charge on any atom is -0.492 e.